The zero-order chi connectivity index (χ0) is 49.7. The van der Waals surface area contributed by atoms with E-state index in [-0.39, 0.29) is 82.7 Å². The van der Waals surface area contributed by atoms with Crippen molar-refractivity contribution in [3.63, 3.8) is 0 Å². The second-order valence-corrected chi connectivity index (χ2v) is 19.7. The van der Waals surface area contributed by atoms with E-state index >= 15 is 0 Å². The van der Waals surface area contributed by atoms with Crippen molar-refractivity contribution >= 4 is 17.5 Å². The molecule has 0 saturated heterocycles. The number of benzene rings is 2. The molecule has 1 saturated carbocycles. The first-order valence-electron chi connectivity index (χ1n) is 25.7. The molecule has 2 aromatic rings. The molecule has 1 fully saturated rings. The molecule has 69 heavy (non-hydrogen) atoms. The van der Waals surface area contributed by atoms with E-state index in [0.717, 1.165) is 62.5 Å². The minimum atomic E-state index is -1.53. The number of hydrogen-bond donors (Lipinski definition) is 3. The lowest BCUT2D eigenvalue weighted by Crippen LogP contribution is -2.70. The normalized spacial score (nSPS) is 22.2. The number of ether oxygens (including phenoxy) is 5. The second-order valence-electron chi connectivity index (χ2n) is 19.7. The van der Waals surface area contributed by atoms with Gasteiger partial charge in [-0.05, 0) is 94.5 Å². The molecular formula is C54H81N3O12. The van der Waals surface area contributed by atoms with Gasteiger partial charge in [0.2, 0.25) is 5.79 Å². The number of oxime groups is 1. The number of nitro benzene ring substituents is 1. The van der Waals surface area contributed by atoms with Crippen molar-refractivity contribution in [1.82, 2.24) is 4.90 Å². The van der Waals surface area contributed by atoms with Crippen LogP contribution in [0.25, 0.3) is 0 Å². The summed E-state index contributed by atoms with van der Waals surface area (Å²) < 4.78 is 32.8. The molecule has 15 heteroatoms. The fourth-order valence-electron chi connectivity index (χ4n) is 10.2. The number of fused-ring (bicyclic) bond motifs is 2. The van der Waals surface area contributed by atoms with Crippen molar-refractivity contribution in [3.05, 3.63) is 82.4 Å². The van der Waals surface area contributed by atoms with Gasteiger partial charge in [0.1, 0.15) is 28.9 Å². The number of nitrogens with zero attached hydrogens (tertiary/aromatic N) is 3. The van der Waals surface area contributed by atoms with E-state index in [4.69, 9.17) is 33.7 Å². The van der Waals surface area contributed by atoms with E-state index in [2.05, 4.69) is 19.6 Å². The number of allylic oxidation sites excluding steroid dienone is 1. The van der Waals surface area contributed by atoms with Crippen LogP contribution in [0.5, 0.6) is 17.2 Å². The average molecular weight is 964 g/mol. The maximum absolute atomic E-state index is 14.8. The smallest absolute Gasteiger partial charge is 0.410 e. The molecule has 6 atom stereocenters. The first kappa shape index (κ1) is 55.4. The highest BCUT2D eigenvalue weighted by molar-refractivity contribution is 6.03. The third-order valence-corrected chi connectivity index (χ3v) is 13.4. The van der Waals surface area contributed by atoms with Gasteiger partial charge in [0.25, 0.3) is 5.69 Å². The minimum absolute atomic E-state index is 0.00119. The first-order chi connectivity index (χ1) is 33.4. The van der Waals surface area contributed by atoms with Crippen LogP contribution >= 0.6 is 0 Å². The average Bonchev–Trinajstić information content (AvgIpc) is 3.33. The molecule has 0 bridgehead atoms. The molecule has 1 heterocycles. The molecule has 384 valence electrons. The van der Waals surface area contributed by atoms with Crippen molar-refractivity contribution in [3.8, 4) is 17.2 Å². The number of unbranched alkanes of at least 4 members (excludes halogenated alkanes) is 11. The van der Waals surface area contributed by atoms with Crippen LogP contribution < -0.4 is 9.47 Å². The lowest BCUT2D eigenvalue weighted by Gasteiger charge is -2.60. The molecule has 15 nitrogen and oxygen atoms in total. The van der Waals surface area contributed by atoms with Gasteiger partial charge in [-0.3, -0.25) is 15.0 Å². The number of hydrogen-bond acceptors (Lipinski definition) is 13. The SMILES string of the molecule is C=CCOC12Oc3ccc(Oc4cccc([N+](=O)[O-])c4)cc3C3C(CCCCO)C(CCCCO)C=C(C(=NOC(C)(C)C)CC1N(CCOCCO)C(=O)OCCCCCCCCCCCC)C32. The Bertz CT molecular complexity index is 1970. The molecule has 2 aromatic carbocycles. The Labute approximate surface area is 410 Å². The number of aliphatic hydroxyl groups excluding tert-OH is 3. The van der Waals surface area contributed by atoms with Gasteiger partial charge in [-0.25, -0.2) is 4.79 Å². The zero-order valence-corrected chi connectivity index (χ0v) is 41.8. The van der Waals surface area contributed by atoms with Gasteiger partial charge < -0.3 is 43.8 Å². The third kappa shape index (κ3) is 15.7. The number of amides is 1. The predicted octanol–water partition coefficient (Wildman–Crippen LogP) is 11.2. The topological polar surface area (TPSA) is 192 Å². The molecule has 3 N–H and O–H groups in total. The molecular weight excluding hydrogens is 883 g/mol. The summed E-state index contributed by atoms with van der Waals surface area (Å²) in [6.07, 6.45) is 19.3. The van der Waals surface area contributed by atoms with Crippen molar-refractivity contribution < 1.29 is 53.6 Å². The molecule has 6 unspecified atom stereocenters. The second kappa shape index (κ2) is 28.3. The largest absolute Gasteiger partial charge is 0.459 e. The van der Waals surface area contributed by atoms with Crippen molar-refractivity contribution in [2.45, 2.75) is 160 Å². The van der Waals surface area contributed by atoms with Gasteiger partial charge in [-0.15, -0.1) is 6.58 Å². The Morgan fingerprint density at radius 2 is 1.59 bits per heavy atom. The predicted molar refractivity (Wildman–Crippen MR) is 267 cm³/mol. The standard InChI is InChI=1S/C54H81N3O12/c1-6-8-9-10-11-12-13-14-15-20-33-65-52(61)56(28-34-64-35-31-60)49-39-47(55-69-53(3,4)5)45-36-40(22-16-18-29-58)44(25-17-19-30-59)50-46-38-43(67-42-24-21-23-41(37-42)57(62)63)26-27-48(46)68-54(49,51(45)50)66-32-7-2/h7,21,23-24,26-27,36-38,40,44,49-51,58-60H,2,6,8-20,22,25,28-35,39H2,1,3-5H3. The molecule has 0 aromatic heterocycles. The van der Waals surface area contributed by atoms with E-state index in [9.17, 15) is 30.2 Å². The Balaban J connectivity index is 1.64. The summed E-state index contributed by atoms with van der Waals surface area (Å²) in [6, 6.07) is 10.8. The maximum Gasteiger partial charge on any atom is 0.410 e. The van der Waals surface area contributed by atoms with Crippen molar-refractivity contribution in [2.24, 2.45) is 22.9 Å². The van der Waals surface area contributed by atoms with Crippen LogP contribution in [0.2, 0.25) is 0 Å². The van der Waals surface area contributed by atoms with Crippen molar-refractivity contribution in [2.75, 3.05) is 52.8 Å². The summed E-state index contributed by atoms with van der Waals surface area (Å²) in [7, 11) is 0. The monoisotopic (exact) mass is 964 g/mol. The van der Waals surface area contributed by atoms with Gasteiger partial charge >= 0.3 is 6.09 Å². The summed E-state index contributed by atoms with van der Waals surface area (Å²) in [5.41, 5.74) is 1.61. The Hall–Kier alpha value is -4.54. The summed E-state index contributed by atoms with van der Waals surface area (Å²) in [5.74, 6) is -1.20. The van der Waals surface area contributed by atoms with Crippen LogP contribution in [0, 0.1) is 27.9 Å². The van der Waals surface area contributed by atoms with Crippen LogP contribution in [0.4, 0.5) is 10.5 Å². The highest BCUT2D eigenvalue weighted by Crippen LogP contribution is 2.62. The number of nitro groups is 1. The van der Waals surface area contributed by atoms with Gasteiger partial charge in [-0.2, -0.15) is 0 Å². The summed E-state index contributed by atoms with van der Waals surface area (Å²) in [6.45, 7) is 12.6. The number of carbonyl (C=O) groups is 1. The molecule has 2 aliphatic carbocycles. The number of aliphatic hydroxyl groups is 3. The molecule has 1 aliphatic heterocycles. The molecule has 1 amide bonds. The van der Waals surface area contributed by atoms with E-state index in [1.165, 1.54) is 50.7 Å². The van der Waals surface area contributed by atoms with Crippen molar-refractivity contribution in [1.29, 1.82) is 0 Å². The highest BCUT2D eigenvalue weighted by atomic mass is 16.7. The summed E-state index contributed by atoms with van der Waals surface area (Å²) >= 11 is 0. The van der Waals surface area contributed by atoms with Crippen LogP contribution in [0.1, 0.15) is 148 Å². The van der Waals surface area contributed by atoms with Crippen LogP contribution in [0.3, 0.4) is 0 Å². The van der Waals surface area contributed by atoms with Gasteiger partial charge in [-0.1, -0.05) is 101 Å². The van der Waals surface area contributed by atoms with E-state index < -0.39 is 34.4 Å². The van der Waals surface area contributed by atoms with Gasteiger partial charge in [0, 0.05) is 43.7 Å². The number of rotatable bonds is 32. The molecule has 5 rings (SSSR count). The van der Waals surface area contributed by atoms with Gasteiger partial charge in [0.05, 0.1) is 55.7 Å². The van der Waals surface area contributed by atoms with E-state index in [0.29, 0.717) is 35.8 Å². The fraction of sp³-hybridized carbons (Fsp3) is 0.667. The van der Waals surface area contributed by atoms with Gasteiger partial charge in [0.15, 0.2) is 0 Å². The van der Waals surface area contributed by atoms with E-state index in [1.807, 2.05) is 32.9 Å². The summed E-state index contributed by atoms with van der Waals surface area (Å²) in [4.78, 5) is 33.9. The Morgan fingerprint density at radius 3 is 2.26 bits per heavy atom. The highest BCUT2D eigenvalue weighted by Gasteiger charge is 2.65. The zero-order valence-electron chi connectivity index (χ0n) is 41.8. The van der Waals surface area contributed by atoms with E-state index in [1.54, 1.807) is 29.2 Å². The lowest BCUT2D eigenvalue weighted by atomic mass is 9.55. The molecule has 0 spiro atoms. The van der Waals surface area contributed by atoms with Crippen LogP contribution in [-0.4, -0.2) is 107 Å². The maximum atomic E-state index is 14.8. The third-order valence-electron chi connectivity index (χ3n) is 13.4. The molecule has 3 aliphatic rings. The fourth-order valence-corrected chi connectivity index (χ4v) is 10.2. The quantitative estimate of drug-likeness (QED) is 0.0272. The summed E-state index contributed by atoms with van der Waals surface area (Å²) in [5, 5.41) is 46.2. The molecule has 0 radical (unpaired) electrons. The minimum Gasteiger partial charge on any atom is -0.459 e. The lowest BCUT2D eigenvalue weighted by molar-refractivity contribution is -0.384. The first-order valence-corrected chi connectivity index (χ1v) is 25.7. The van der Waals surface area contributed by atoms with Crippen LogP contribution in [-0.2, 0) is 19.0 Å². The van der Waals surface area contributed by atoms with Crippen LogP contribution in [0.15, 0.2) is 71.9 Å². The Kier molecular flexibility index (Phi) is 22.8. The number of non-ortho nitro benzene ring substituents is 1. The Morgan fingerprint density at radius 1 is 0.899 bits per heavy atom. The number of carbonyl (C=O) groups excluding carboxylic acids is 1.